The van der Waals surface area contributed by atoms with Gasteiger partial charge in [-0.05, 0) is 19.3 Å². The van der Waals surface area contributed by atoms with Gasteiger partial charge >= 0.3 is 6.18 Å². The summed E-state index contributed by atoms with van der Waals surface area (Å²) in [6.07, 6.45) is -1.17. The zero-order valence-corrected chi connectivity index (χ0v) is 18.6. The zero-order chi connectivity index (χ0) is 22.6. The lowest BCUT2D eigenvalue weighted by Gasteiger charge is -2.38. The molecule has 4 rings (SSSR count). The quantitative estimate of drug-likeness (QED) is 0.553. The Balaban J connectivity index is 1.74. The molecule has 3 heterocycles. The van der Waals surface area contributed by atoms with E-state index in [1.165, 1.54) is 18.4 Å². The van der Waals surface area contributed by atoms with Gasteiger partial charge in [-0.1, -0.05) is 16.4 Å². The zero-order valence-electron chi connectivity index (χ0n) is 17.8. The van der Waals surface area contributed by atoms with Gasteiger partial charge in [0, 0.05) is 25.7 Å². The lowest BCUT2D eigenvalue weighted by molar-refractivity contribution is -0.137. The van der Waals surface area contributed by atoms with Gasteiger partial charge < -0.3 is 16.0 Å². The Morgan fingerprint density at radius 2 is 1.97 bits per heavy atom. The summed E-state index contributed by atoms with van der Waals surface area (Å²) < 4.78 is 39.5. The van der Waals surface area contributed by atoms with Crippen molar-refractivity contribution in [1.29, 1.82) is 0 Å². The highest BCUT2D eigenvalue weighted by atomic mass is 32.1. The first kappa shape index (κ1) is 22.0. The maximum absolute atomic E-state index is 13.2. The number of halogens is 3. The van der Waals surface area contributed by atoms with Crippen LogP contribution in [0.3, 0.4) is 0 Å². The van der Waals surface area contributed by atoms with Crippen molar-refractivity contribution in [3.8, 4) is 0 Å². The summed E-state index contributed by atoms with van der Waals surface area (Å²) in [4.78, 5) is 25.7. The number of nitrogens with one attached hydrogen (secondary N) is 3. The average Bonchev–Trinajstić information content (AvgIpc) is 3.31. The molecule has 7 nitrogen and oxygen atoms in total. The lowest BCUT2D eigenvalue weighted by Crippen LogP contribution is -2.47. The van der Waals surface area contributed by atoms with Crippen LogP contribution in [0.2, 0.25) is 5.11 Å². The third kappa shape index (κ3) is 3.79. The molecule has 1 aliphatic carbocycles. The van der Waals surface area contributed by atoms with Crippen LogP contribution in [0.15, 0.2) is 6.20 Å². The van der Waals surface area contributed by atoms with Crippen LogP contribution in [0.1, 0.15) is 41.4 Å². The minimum absolute atomic E-state index is 0.0362. The minimum atomic E-state index is -4.55. The molecule has 162 valence electrons. The van der Waals surface area contributed by atoms with Crippen molar-refractivity contribution in [2.24, 2.45) is 0 Å². The topological polar surface area (TPSA) is 91.8 Å². The molecule has 3 N–H and O–H groups in total. The highest BCUT2D eigenvalue weighted by Gasteiger charge is 2.54. The Labute approximate surface area is 184 Å². The molecule has 1 unspecified atom stereocenters. The number of amides is 1. The Morgan fingerprint density at radius 3 is 2.48 bits per heavy atom. The van der Waals surface area contributed by atoms with Gasteiger partial charge in [-0.2, -0.15) is 18.2 Å². The van der Waals surface area contributed by atoms with Crippen LogP contribution in [-0.2, 0) is 16.4 Å². The molecule has 0 spiro atoms. The highest BCUT2D eigenvalue weighted by Crippen LogP contribution is 2.52. The molecular weight excluding hydrogens is 426 g/mol. The number of nitrogens with zero attached hydrogens (tertiary/aromatic N) is 3. The maximum atomic E-state index is 13.2. The first-order chi connectivity index (χ1) is 14.5. The van der Waals surface area contributed by atoms with Crippen molar-refractivity contribution in [2.75, 3.05) is 24.2 Å². The predicted octanol–water partition coefficient (Wildman–Crippen LogP) is 0.345. The van der Waals surface area contributed by atoms with Crippen molar-refractivity contribution in [2.45, 2.75) is 41.9 Å². The number of alkyl halides is 3. The van der Waals surface area contributed by atoms with Crippen LogP contribution in [0, 0.1) is 0 Å². The van der Waals surface area contributed by atoms with E-state index in [-0.39, 0.29) is 28.7 Å². The Kier molecular flexibility index (Phi) is 5.26. The predicted molar refractivity (Wildman–Crippen MR) is 122 cm³/mol. The monoisotopic (exact) mass is 448 g/mol. The van der Waals surface area contributed by atoms with Crippen LogP contribution in [0.5, 0.6) is 0 Å². The highest BCUT2D eigenvalue weighted by molar-refractivity contribution is 7.16. The number of anilines is 3. The molecule has 1 aliphatic heterocycles. The summed E-state index contributed by atoms with van der Waals surface area (Å²) in [6.45, 7) is 0.588. The fraction of sp³-hybridized carbons (Fsp3) is 0.529. The lowest BCUT2D eigenvalue weighted by atomic mass is 9.32. The van der Waals surface area contributed by atoms with Crippen LogP contribution >= 0.6 is 11.3 Å². The summed E-state index contributed by atoms with van der Waals surface area (Å²) in [5.41, 5.74) is -0.849. The average molecular weight is 448 g/mol. The van der Waals surface area contributed by atoms with E-state index in [1.54, 1.807) is 0 Å². The first-order valence-electron chi connectivity index (χ1n) is 10.2. The molecule has 1 amide bonds. The van der Waals surface area contributed by atoms with E-state index in [2.05, 4.69) is 25.9 Å². The summed E-state index contributed by atoms with van der Waals surface area (Å²) in [6, 6.07) is 0. The van der Waals surface area contributed by atoms with E-state index >= 15 is 0 Å². The summed E-state index contributed by atoms with van der Waals surface area (Å²) in [5, 5.41) is 9.55. The van der Waals surface area contributed by atoms with Crippen molar-refractivity contribution in [1.82, 2.24) is 20.3 Å². The van der Waals surface area contributed by atoms with Gasteiger partial charge in [0.1, 0.15) is 21.4 Å². The number of rotatable bonds is 6. The van der Waals surface area contributed by atoms with E-state index in [0.29, 0.717) is 18.0 Å². The Bertz CT molecular complexity index is 1020. The third-order valence-corrected chi connectivity index (χ3v) is 7.14. The molecule has 2 aromatic heterocycles. The molecule has 2 aliphatic rings. The SMILES string of the molecule is BC(B)(B)C1(c2nc(C3CC3)c(Nc3ncc(C(F)(F)F)c(NC)n3)s2)CCNC1=O. The van der Waals surface area contributed by atoms with Crippen molar-refractivity contribution in [3.05, 3.63) is 22.5 Å². The van der Waals surface area contributed by atoms with Gasteiger partial charge in [0.05, 0.1) is 34.6 Å². The number of carbonyl (C=O) groups is 1. The number of hydrogen-bond donors (Lipinski definition) is 3. The summed E-state index contributed by atoms with van der Waals surface area (Å²) >= 11 is 1.37. The smallest absolute Gasteiger partial charge is 0.372 e. The second-order valence-electron chi connectivity index (χ2n) is 9.00. The van der Waals surface area contributed by atoms with Crippen LogP contribution in [0.25, 0.3) is 0 Å². The molecule has 1 saturated carbocycles. The maximum Gasteiger partial charge on any atom is 0.421 e. The van der Waals surface area contributed by atoms with Crippen molar-refractivity contribution >= 4 is 57.6 Å². The number of hydrogen-bond acceptors (Lipinski definition) is 7. The number of aromatic nitrogens is 3. The van der Waals surface area contributed by atoms with Crippen molar-refractivity contribution in [3.63, 3.8) is 0 Å². The van der Waals surface area contributed by atoms with E-state index in [1.807, 2.05) is 23.5 Å². The minimum Gasteiger partial charge on any atom is -0.372 e. The van der Waals surface area contributed by atoms with Crippen molar-refractivity contribution < 1.29 is 18.0 Å². The molecule has 0 radical (unpaired) electrons. The van der Waals surface area contributed by atoms with E-state index in [9.17, 15) is 18.0 Å². The number of carbonyl (C=O) groups excluding carboxylic acids is 1. The first-order valence-corrected chi connectivity index (χ1v) is 11.0. The van der Waals surface area contributed by atoms with E-state index in [4.69, 9.17) is 4.98 Å². The summed E-state index contributed by atoms with van der Waals surface area (Å²) in [5.74, 6) is -0.0164. The van der Waals surface area contributed by atoms with E-state index in [0.717, 1.165) is 29.7 Å². The second-order valence-corrected chi connectivity index (χ2v) is 10.00. The van der Waals surface area contributed by atoms with Gasteiger partial charge in [0.2, 0.25) is 11.9 Å². The largest absolute Gasteiger partial charge is 0.421 e. The Morgan fingerprint density at radius 1 is 1.26 bits per heavy atom. The normalized spacial score (nSPS) is 21.7. The van der Waals surface area contributed by atoms with Gasteiger partial charge in [0.15, 0.2) is 0 Å². The molecule has 2 aromatic rings. The number of thiazole rings is 1. The van der Waals surface area contributed by atoms with Gasteiger partial charge in [0.25, 0.3) is 0 Å². The van der Waals surface area contributed by atoms with Crippen LogP contribution in [0.4, 0.5) is 29.9 Å². The molecule has 1 atom stereocenters. The third-order valence-electron chi connectivity index (χ3n) is 5.99. The van der Waals surface area contributed by atoms with Crippen LogP contribution in [-0.4, -0.2) is 58.0 Å². The molecular formula is C17H22B3F3N6OS. The molecule has 1 saturated heterocycles. The fourth-order valence-corrected chi connectivity index (χ4v) is 5.52. The standard InChI is InChI=1S/C17H22B3F3N6OS/c1-24-10-8(16(21,22)23)6-26-14(28-10)29-11-9(7-2-3-7)27-13(31-11)15(17(18,19)20)4-5-25-12(15)30/h6-7H,2-5,18-20H2,1H3,(H,25,30)(H2,24,26,28,29). The molecule has 2 fully saturated rings. The van der Waals surface area contributed by atoms with Gasteiger partial charge in [-0.25, -0.2) is 9.97 Å². The summed E-state index contributed by atoms with van der Waals surface area (Å²) in [7, 11) is 7.47. The molecule has 14 heteroatoms. The van der Waals surface area contributed by atoms with Gasteiger partial charge in [-0.3, -0.25) is 4.79 Å². The van der Waals surface area contributed by atoms with Crippen LogP contribution < -0.4 is 16.0 Å². The molecule has 0 aromatic carbocycles. The van der Waals surface area contributed by atoms with E-state index < -0.39 is 17.2 Å². The van der Waals surface area contributed by atoms with Gasteiger partial charge in [-0.15, -0.1) is 0 Å². The Hall–Kier alpha value is -2.24. The molecule has 31 heavy (non-hydrogen) atoms. The fourth-order valence-electron chi connectivity index (χ4n) is 4.05. The second kappa shape index (κ2) is 7.42. The molecule has 0 bridgehead atoms.